The lowest BCUT2D eigenvalue weighted by atomic mass is 10.1. The third-order valence-corrected chi connectivity index (χ3v) is 5.67. The lowest BCUT2D eigenvalue weighted by molar-refractivity contribution is 0.00534. The van der Waals surface area contributed by atoms with Crippen molar-refractivity contribution in [2.24, 2.45) is 4.99 Å². The molecule has 5 nitrogen and oxygen atoms in total. The van der Waals surface area contributed by atoms with Crippen LogP contribution in [-0.4, -0.2) is 56.8 Å². The van der Waals surface area contributed by atoms with Crippen molar-refractivity contribution in [3.8, 4) is 0 Å². The predicted octanol–water partition coefficient (Wildman–Crippen LogP) is 4.36. The van der Waals surface area contributed by atoms with Crippen molar-refractivity contribution >= 4 is 29.9 Å². The van der Waals surface area contributed by atoms with Crippen LogP contribution in [0.1, 0.15) is 30.4 Å². The van der Waals surface area contributed by atoms with Gasteiger partial charge in [-0.15, -0.1) is 24.0 Å². The quantitative estimate of drug-likeness (QED) is 0.192. The number of aliphatic imine (C=N–C) groups is 1. The van der Waals surface area contributed by atoms with Crippen LogP contribution in [-0.2, 0) is 17.7 Å². The fourth-order valence-electron chi connectivity index (χ4n) is 3.88. The van der Waals surface area contributed by atoms with Gasteiger partial charge in [0.2, 0.25) is 0 Å². The van der Waals surface area contributed by atoms with Crippen LogP contribution >= 0.6 is 24.0 Å². The molecule has 0 saturated carbocycles. The Morgan fingerprint density at radius 2 is 1.79 bits per heavy atom. The largest absolute Gasteiger partial charge is 0.378 e. The van der Waals surface area contributed by atoms with Crippen LogP contribution in [0.4, 0.5) is 8.78 Å². The highest BCUT2D eigenvalue weighted by molar-refractivity contribution is 14.0. The number of rotatable bonds is 10. The standard InChI is InChI=1S/C25H34F2N4O.HI/c1-28-25(30-14-10-21-18-22(26)8-9-24(21)27)29-13-5-17-32-23-11-15-31(16-12-23)19-20-6-3-2-4-7-20;/h2-4,6-9,18,23H,5,10-17,19H2,1H3,(H2,28,29,30);1H. The molecule has 2 aromatic carbocycles. The molecule has 0 unspecified atom stereocenters. The number of nitrogens with zero attached hydrogens (tertiary/aromatic N) is 2. The summed E-state index contributed by atoms with van der Waals surface area (Å²) in [6.45, 7) is 5.07. The number of ether oxygens (including phenoxy) is 1. The summed E-state index contributed by atoms with van der Waals surface area (Å²) < 4.78 is 33.0. The molecule has 0 radical (unpaired) electrons. The van der Waals surface area contributed by atoms with Gasteiger partial charge < -0.3 is 15.4 Å². The lowest BCUT2D eigenvalue weighted by Crippen LogP contribution is -2.39. The molecule has 1 fully saturated rings. The molecule has 0 aromatic heterocycles. The van der Waals surface area contributed by atoms with Crippen LogP contribution in [0.25, 0.3) is 0 Å². The molecular formula is C25H35F2IN4O. The van der Waals surface area contributed by atoms with Crippen LogP contribution in [0.15, 0.2) is 53.5 Å². The molecule has 0 atom stereocenters. The molecule has 1 aliphatic rings. The average molecular weight is 572 g/mol. The van der Waals surface area contributed by atoms with Gasteiger partial charge in [0, 0.05) is 46.4 Å². The number of piperidine rings is 1. The van der Waals surface area contributed by atoms with Crippen LogP contribution in [0.5, 0.6) is 0 Å². The normalized spacial score (nSPS) is 15.2. The van der Waals surface area contributed by atoms with E-state index in [-0.39, 0.29) is 29.8 Å². The Morgan fingerprint density at radius 3 is 2.52 bits per heavy atom. The Bertz CT molecular complexity index is 846. The number of nitrogens with one attached hydrogen (secondary N) is 2. The van der Waals surface area contributed by atoms with Gasteiger partial charge in [-0.2, -0.15) is 0 Å². The summed E-state index contributed by atoms with van der Waals surface area (Å²) in [4.78, 5) is 6.66. The second-order valence-electron chi connectivity index (χ2n) is 8.10. The molecule has 182 valence electrons. The van der Waals surface area contributed by atoms with Crippen molar-refractivity contribution in [3.05, 3.63) is 71.3 Å². The minimum absolute atomic E-state index is 0. The monoisotopic (exact) mass is 572 g/mol. The highest BCUT2D eigenvalue weighted by Gasteiger charge is 2.19. The number of likely N-dealkylation sites (tertiary alicyclic amines) is 1. The maximum atomic E-state index is 13.7. The van der Waals surface area contributed by atoms with Gasteiger partial charge in [0.1, 0.15) is 11.6 Å². The van der Waals surface area contributed by atoms with Crippen molar-refractivity contribution in [3.63, 3.8) is 0 Å². The summed E-state index contributed by atoms with van der Waals surface area (Å²) in [5, 5.41) is 6.37. The summed E-state index contributed by atoms with van der Waals surface area (Å²) in [5.41, 5.74) is 1.72. The van der Waals surface area contributed by atoms with E-state index in [0.717, 1.165) is 57.6 Å². The van der Waals surface area contributed by atoms with Gasteiger partial charge in [-0.1, -0.05) is 30.3 Å². The van der Waals surface area contributed by atoms with Gasteiger partial charge in [-0.3, -0.25) is 9.89 Å². The number of halogens is 3. The maximum absolute atomic E-state index is 13.7. The van der Waals surface area contributed by atoms with Crippen molar-refractivity contribution in [2.75, 3.05) is 39.8 Å². The molecule has 0 aliphatic carbocycles. The predicted molar refractivity (Wildman–Crippen MR) is 140 cm³/mol. The second kappa shape index (κ2) is 15.2. The number of hydrogen-bond donors (Lipinski definition) is 2. The minimum atomic E-state index is -0.425. The summed E-state index contributed by atoms with van der Waals surface area (Å²) in [6, 6.07) is 14.1. The van der Waals surface area contributed by atoms with Crippen molar-refractivity contribution in [1.29, 1.82) is 0 Å². The Morgan fingerprint density at radius 1 is 1.06 bits per heavy atom. The van der Waals surface area contributed by atoms with E-state index in [1.54, 1.807) is 7.05 Å². The molecule has 0 spiro atoms. The van der Waals surface area contributed by atoms with E-state index in [0.29, 0.717) is 37.2 Å². The molecule has 8 heteroatoms. The summed E-state index contributed by atoms with van der Waals surface area (Å²) in [6.07, 6.45) is 3.74. The van der Waals surface area contributed by atoms with Gasteiger partial charge in [-0.05, 0) is 55.0 Å². The molecule has 33 heavy (non-hydrogen) atoms. The highest BCUT2D eigenvalue weighted by atomic mass is 127. The third kappa shape index (κ3) is 9.93. The Hall–Kier alpha value is -1.78. The van der Waals surface area contributed by atoms with Crippen LogP contribution in [0.3, 0.4) is 0 Å². The zero-order valence-electron chi connectivity index (χ0n) is 19.2. The van der Waals surface area contributed by atoms with Crippen molar-refractivity contribution in [1.82, 2.24) is 15.5 Å². The molecule has 1 saturated heterocycles. The van der Waals surface area contributed by atoms with Gasteiger partial charge in [0.05, 0.1) is 6.10 Å². The second-order valence-corrected chi connectivity index (χ2v) is 8.10. The average Bonchev–Trinajstić information content (AvgIpc) is 2.81. The summed E-state index contributed by atoms with van der Waals surface area (Å²) in [5.74, 6) is -0.166. The summed E-state index contributed by atoms with van der Waals surface area (Å²) in [7, 11) is 1.69. The van der Waals surface area contributed by atoms with Crippen LogP contribution in [0.2, 0.25) is 0 Å². The zero-order chi connectivity index (χ0) is 22.6. The Labute approximate surface area is 213 Å². The lowest BCUT2D eigenvalue weighted by Gasteiger charge is -2.32. The molecule has 3 rings (SSSR count). The minimum Gasteiger partial charge on any atom is -0.378 e. The van der Waals surface area contributed by atoms with Crippen LogP contribution < -0.4 is 10.6 Å². The molecule has 1 aliphatic heterocycles. The van der Waals surface area contributed by atoms with Gasteiger partial charge in [0.25, 0.3) is 0 Å². The molecule has 2 N–H and O–H groups in total. The van der Waals surface area contributed by atoms with E-state index in [2.05, 4.69) is 50.9 Å². The maximum Gasteiger partial charge on any atom is 0.190 e. The van der Waals surface area contributed by atoms with E-state index in [4.69, 9.17) is 4.74 Å². The molecule has 2 aromatic rings. The molecule has 0 bridgehead atoms. The Balaban J connectivity index is 0.00000385. The van der Waals surface area contributed by atoms with E-state index < -0.39 is 5.82 Å². The van der Waals surface area contributed by atoms with Gasteiger partial charge in [0.15, 0.2) is 5.96 Å². The zero-order valence-corrected chi connectivity index (χ0v) is 21.6. The SMILES string of the molecule is CN=C(NCCCOC1CCN(Cc2ccccc2)CC1)NCCc1cc(F)ccc1F.I. The fraction of sp³-hybridized carbons (Fsp3) is 0.480. The van der Waals surface area contributed by atoms with Gasteiger partial charge >= 0.3 is 0 Å². The van der Waals surface area contributed by atoms with E-state index in [9.17, 15) is 8.78 Å². The summed E-state index contributed by atoms with van der Waals surface area (Å²) >= 11 is 0. The topological polar surface area (TPSA) is 48.9 Å². The number of benzene rings is 2. The van der Waals surface area contributed by atoms with Crippen molar-refractivity contribution in [2.45, 2.75) is 38.3 Å². The smallest absolute Gasteiger partial charge is 0.190 e. The molecule has 1 heterocycles. The fourth-order valence-corrected chi connectivity index (χ4v) is 3.88. The Kier molecular flexibility index (Phi) is 12.6. The molecular weight excluding hydrogens is 537 g/mol. The van der Waals surface area contributed by atoms with E-state index in [1.165, 1.54) is 11.6 Å². The van der Waals surface area contributed by atoms with E-state index in [1.807, 2.05) is 0 Å². The first kappa shape index (κ1) is 27.5. The third-order valence-electron chi connectivity index (χ3n) is 5.67. The number of guanidine groups is 1. The highest BCUT2D eigenvalue weighted by Crippen LogP contribution is 2.16. The number of hydrogen-bond acceptors (Lipinski definition) is 3. The van der Waals surface area contributed by atoms with Gasteiger partial charge in [-0.25, -0.2) is 8.78 Å². The van der Waals surface area contributed by atoms with E-state index >= 15 is 0 Å². The first-order valence-electron chi connectivity index (χ1n) is 11.4. The van der Waals surface area contributed by atoms with Crippen molar-refractivity contribution < 1.29 is 13.5 Å². The first-order valence-corrected chi connectivity index (χ1v) is 11.4. The first-order chi connectivity index (χ1) is 15.6. The molecule has 0 amide bonds. The van der Waals surface area contributed by atoms with Crippen LogP contribution in [0, 0.1) is 11.6 Å².